The highest BCUT2D eigenvalue weighted by atomic mass is 16.8. The first-order chi connectivity index (χ1) is 22.2. The van der Waals surface area contributed by atoms with Crippen molar-refractivity contribution < 1.29 is 63.5 Å². The summed E-state index contributed by atoms with van der Waals surface area (Å²) < 4.78 is 41.1. The molecular formula is C33H38O14. The summed E-state index contributed by atoms with van der Waals surface area (Å²) in [7, 11) is 1.50. The first-order valence-corrected chi connectivity index (χ1v) is 15.1. The van der Waals surface area contributed by atoms with Gasteiger partial charge in [-0.1, -0.05) is 0 Å². The Morgan fingerprint density at radius 1 is 0.851 bits per heavy atom. The minimum atomic E-state index is -1.76. The molecule has 3 aliphatic rings. The van der Waals surface area contributed by atoms with Crippen molar-refractivity contribution >= 4 is 17.0 Å². The lowest BCUT2D eigenvalue weighted by atomic mass is 9.98. The molecule has 0 amide bonds. The van der Waals surface area contributed by atoms with Crippen molar-refractivity contribution in [2.24, 2.45) is 0 Å². The van der Waals surface area contributed by atoms with Crippen molar-refractivity contribution in [3.63, 3.8) is 0 Å². The van der Waals surface area contributed by atoms with Crippen LogP contribution in [0.1, 0.15) is 33.3 Å². The van der Waals surface area contributed by atoms with Crippen molar-refractivity contribution in [1.29, 1.82) is 0 Å². The highest BCUT2D eigenvalue weighted by Crippen LogP contribution is 2.43. The number of aliphatic hydroxyl groups is 5. The van der Waals surface area contributed by atoms with Crippen LogP contribution in [0.2, 0.25) is 0 Å². The summed E-state index contributed by atoms with van der Waals surface area (Å²) >= 11 is 0. The van der Waals surface area contributed by atoms with Crippen molar-refractivity contribution in [2.45, 2.75) is 94.7 Å². The van der Waals surface area contributed by atoms with Crippen molar-refractivity contribution in [1.82, 2.24) is 0 Å². The predicted octanol–water partition coefficient (Wildman–Crippen LogP) is 1.42. The summed E-state index contributed by atoms with van der Waals surface area (Å²) in [4.78, 5) is 14.3. The fourth-order valence-corrected chi connectivity index (χ4v) is 5.85. The lowest BCUT2D eigenvalue weighted by Crippen LogP contribution is -2.63. The maximum absolute atomic E-state index is 14.3. The number of benzene rings is 2. The van der Waals surface area contributed by atoms with Crippen LogP contribution >= 0.6 is 0 Å². The minimum Gasteiger partial charge on any atom is -0.507 e. The van der Waals surface area contributed by atoms with E-state index < -0.39 is 83.9 Å². The largest absolute Gasteiger partial charge is 0.507 e. The normalized spacial score (nSPS) is 33.2. The van der Waals surface area contributed by atoms with Crippen LogP contribution in [-0.2, 0) is 14.2 Å². The van der Waals surface area contributed by atoms with E-state index in [1.54, 1.807) is 36.4 Å². The average molecular weight is 659 g/mol. The van der Waals surface area contributed by atoms with Gasteiger partial charge in [-0.05, 0) is 64.1 Å². The zero-order valence-corrected chi connectivity index (χ0v) is 26.3. The molecule has 2 fully saturated rings. The Hall–Kier alpha value is -3.73. The lowest BCUT2D eigenvalue weighted by molar-refractivity contribution is -0.352. The highest BCUT2D eigenvalue weighted by molar-refractivity contribution is 5.95. The molecule has 2 saturated heterocycles. The van der Waals surface area contributed by atoms with Crippen molar-refractivity contribution in [2.75, 3.05) is 7.11 Å². The Labute approximate surface area is 268 Å². The molecule has 4 heterocycles. The van der Waals surface area contributed by atoms with Crippen LogP contribution in [0, 0.1) is 0 Å². The van der Waals surface area contributed by atoms with Crippen LogP contribution in [0.4, 0.5) is 0 Å². The van der Waals surface area contributed by atoms with Crippen LogP contribution in [0.5, 0.6) is 23.0 Å². The summed E-state index contributed by atoms with van der Waals surface area (Å²) in [6.07, 6.45) is -11.3. The molecule has 14 nitrogen and oxygen atoms in total. The number of rotatable bonds is 6. The van der Waals surface area contributed by atoms with Gasteiger partial charge in [-0.3, -0.25) is 4.79 Å². The standard InChI is InChI=1S/C33H38O14/c1-13-21(35)24(38)26(40)31(42-13)46-30-25(39)22(36)14(2)43-32(30)45-29-23(37)20-18(34)12-19-17(10-11-33(3,4)47-19)28(20)44-27(29)15-6-8-16(41-5)9-7-15/h6-14,21-22,24-26,30-32,34-36,38-40H,1-5H3/t13-,14-,21-,22-,24+,25+,26+,30+,31+,32+/m1/s1. The zero-order valence-electron chi connectivity index (χ0n) is 26.3. The Bertz CT molecular complexity index is 1720. The molecule has 0 aliphatic carbocycles. The zero-order chi connectivity index (χ0) is 33.9. The fraction of sp³-hybridized carbons (Fsp3) is 0.485. The van der Waals surface area contributed by atoms with Gasteiger partial charge in [0.25, 0.3) is 0 Å². The van der Waals surface area contributed by atoms with Gasteiger partial charge in [-0.25, -0.2) is 0 Å². The number of phenols is 1. The second kappa shape index (κ2) is 12.4. The number of aliphatic hydroxyl groups excluding tert-OH is 5. The van der Waals surface area contributed by atoms with Gasteiger partial charge in [0.05, 0.1) is 24.9 Å². The van der Waals surface area contributed by atoms with Crippen molar-refractivity contribution in [3.8, 4) is 34.3 Å². The third-order valence-corrected chi connectivity index (χ3v) is 8.60. The predicted molar refractivity (Wildman–Crippen MR) is 164 cm³/mol. The van der Waals surface area contributed by atoms with E-state index in [0.717, 1.165) is 0 Å². The van der Waals surface area contributed by atoms with Gasteiger partial charge in [0.15, 0.2) is 23.7 Å². The molecule has 0 radical (unpaired) electrons. The maximum atomic E-state index is 14.3. The van der Waals surface area contributed by atoms with E-state index >= 15 is 0 Å². The lowest BCUT2D eigenvalue weighted by Gasteiger charge is -2.45. The van der Waals surface area contributed by atoms with E-state index in [-0.39, 0.29) is 16.7 Å². The van der Waals surface area contributed by atoms with Gasteiger partial charge in [-0.15, -0.1) is 0 Å². The number of ether oxygens (including phenoxy) is 6. The molecule has 0 unspecified atom stereocenters. The Morgan fingerprint density at radius 3 is 2.15 bits per heavy atom. The van der Waals surface area contributed by atoms with E-state index in [1.807, 2.05) is 13.8 Å². The smallest absolute Gasteiger partial charge is 0.239 e. The minimum absolute atomic E-state index is 0.0244. The topological polar surface area (TPSA) is 207 Å². The molecule has 3 aliphatic heterocycles. The quantitative estimate of drug-likeness (QED) is 0.222. The van der Waals surface area contributed by atoms with Gasteiger partial charge in [0, 0.05) is 11.6 Å². The molecule has 0 spiro atoms. The third kappa shape index (κ3) is 5.96. The first-order valence-electron chi connectivity index (χ1n) is 15.1. The van der Waals surface area contributed by atoms with E-state index in [4.69, 9.17) is 32.8 Å². The average Bonchev–Trinajstić information content (AvgIpc) is 3.03. The molecule has 47 heavy (non-hydrogen) atoms. The number of phenolic OH excluding ortho intramolecular Hbond substituents is 1. The molecule has 10 atom stereocenters. The van der Waals surface area contributed by atoms with Crippen LogP contribution in [0.3, 0.4) is 0 Å². The summed E-state index contributed by atoms with van der Waals surface area (Å²) in [5, 5.41) is 63.6. The molecule has 254 valence electrons. The molecule has 2 aromatic carbocycles. The Morgan fingerprint density at radius 2 is 1.49 bits per heavy atom. The van der Waals surface area contributed by atoms with Gasteiger partial charge in [0.1, 0.15) is 58.8 Å². The van der Waals surface area contributed by atoms with Crippen LogP contribution in [0.15, 0.2) is 45.6 Å². The van der Waals surface area contributed by atoms with Gasteiger partial charge in [0.2, 0.25) is 17.5 Å². The van der Waals surface area contributed by atoms with E-state index in [2.05, 4.69) is 0 Å². The second-order valence-electron chi connectivity index (χ2n) is 12.5. The van der Waals surface area contributed by atoms with Gasteiger partial charge in [-0.2, -0.15) is 0 Å². The van der Waals surface area contributed by atoms with Crippen molar-refractivity contribution in [3.05, 3.63) is 52.2 Å². The molecule has 3 aromatic rings. The first kappa shape index (κ1) is 33.2. The summed E-state index contributed by atoms with van der Waals surface area (Å²) in [6, 6.07) is 7.83. The van der Waals surface area contributed by atoms with Gasteiger partial charge >= 0.3 is 0 Å². The summed E-state index contributed by atoms with van der Waals surface area (Å²) in [6.45, 7) is 6.58. The number of fused-ring (bicyclic) bond motifs is 3. The summed E-state index contributed by atoms with van der Waals surface area (Å²) in [5.41, 5.74) is -0.677. The third-order valence-electron chi connectivity index (χ3n) is 8.60. The Balaban J connectivity index is 1.48. The number of methoxy groups -OCH3 is 1. The molecule has 0 bridgehead atoms. The van der Waals surface area contributed by atoms with Crippen LogP contribution in [0.25, 0.3) is 28.4 Å². The van der Waals surface area contributed by atoms with Gasteiger partial charge < -0.3 is 63.5 Å². The summed E-state index contributed by atoms with van der Waals surface area (Å²) in [5.74, 6) is -0.125. The Kier molecular flexibility index (Phi) is 8.74. The molecule has 6 rings (SSSR count). The second-order valence-corrected chi connectivity index (χ2v) is 12.5. The number of aromatic hydroxyl groups is 1. The molecular weight excluding hydrogens is 620 g/mol. The fourth-order valence-electron chi connectivity index (χ4n) is 5.85. The molecule has 6 N–H and O–H groups in total. The molecule has 14 heteroatoms. The van der Waals surface area contributed by atoms with E-state index in [9.17, 15) is 35.4 Å². The maximum Gasteiger partial charge on any atom is 0.239 e. The molecule has 1 aromatic heterocycles. The van der Waals surface area contributed by atoms with E-state index in [1.165, 1.54) is 27.0 Å². The molecule has 0 saturated carbocycles. The number of hydrogen-bond acceptors (Lipinski definition) is 14. The van der Waals surface area contributed by atoms with Crippen LogP contribution < -0.4 is 19.6 Å². The monoisotopic (exact) mass is 658 g/mol. The number of hydrogen-bond donors (Lipinski definition) is 6. The highest BCUT2D eigenvalue weighted by Gasteiger charge is 2.50. The van der Waals surface area contributed by atoms with E-state index in [0.29, 0.717) is 22.6 Å². The SMILES string of the molecule is COc1ccc(-c2oc3c4c(cc(O)c3c(=O)c2O[C@@H]2O[C@H](C)[C@@H](O)[C@H](O)[C@@H]2O[C@@H]2O[C@H](C)[C@@H](O)[C@H](O)[C@@H]2O)OC(C)(C)C=C4)cc1. The van der Waals surface area contributed by atoms with Crippen LogP contribution in [-0.4, -0.2) is 105 Å².